The maximum absolute atomic E-state index is 13.2. The number of carbonyl (C=O) groups is 2. The molecule has 174 valence electrons. The van der Waals surface area contributed by atoms with E-state index in [1.165, 1.54) is 19.1 Å². The van der Waals surface area contributed by atoms with Gasteiger partial charge in [-0.05, 0) is 24.3 Å². The first-order chi connectivity index (χ1) is 16.0. The Bertz CT molecular complexity index is 1050. The smallest absolute Gasteiger partial charge is 0.295 e. The fourth-order valence-electron chi connectivity index (χ4n) is 4.17. The van der Waals surface area contributed by atoms with Crippen molar-refractivity contribution >= 4 is 17.4 Å². The summed E-state index contributed by atoms with van der Waals surface area (Å²) in [5, 5.41) is 11.3. The second-order valence-electron chi connectivity index (χ2n) is 7.77. The van der Waals surface area contributed by atoms with E-state index in [-0.39, 0.29) is 11.3 Å². The predicted octanol–water partition coefficient (Wildman–Crippen LogP) is 1.85. The maximum Gasteiger partial charge on any atom is 0.295 e. The Morgan fingerprint density at radius 1 is 1.12 bits per heavy atom. The Kier molecular flexibility index (Phi) is 6.90. The minimum atomic E-state index is -0.806. The third kappa shape index (κ3) is 4.55. The summed E-state index contributed by atoms with van der Waals surface area (Å²) in [5.74, 6) is -0.852. The number of morpholine rings is 1. The van der Waals surface area contributed by atoms with E-state index in [9.17, 15) is 14.7 Å². The van der Waals surface area contributed by atoms with Crippen LogP contribution >= 0.6 is 0 Å². The number of pyridine rings is 1. The normalized spacial score (nSPS) is 20.8. The molecule has 2 aromatic rings. The van der Waals surface area contributed by atoms with Gasteiger partial charge in [-0.3, -0.25) is 19.5 Å². The van der Waals surface area contributed by atoms with E-state index in [2.05, 4.69) is 9.88 Å². The lowest BCUT2D eigenvalue weighted by molar-refractivity contribution is -0.140. The van der Waals surface area contributed by atoms with Gasteiger partial charge in [0.05, 0.1) is 44.3 Å². The number of hydrogen-bond donors (Lipinski definition) is 1. The van der Waals surface area contributed by atoms with Crippen LogP contribution in [0, 0.1) is 0 Å². The number of ketones is 1. The van der Waals surface area contributed by atoms with Crippen molar-refractivity contribution in [1.29, 1.82) is 0 Å². The molecule has 9 heteroatoms. The molecule has 1 N–H and O–H groups in total. The number of nitrogens with zero attached hydrogens (tertiary/aromatic N) is 3. The van der Waals surface area contributed by atoms with Crippen LogP contribution in [0.4, 0.5) is 0 Å². The summed E-state index contributed by atoms with van der Waals surface area (Å²) in [7, 11) is 2.98. The van der Waals surface area contributed by atoms with Gasteiger partial charge in [-0.25, -0.2) is 0 Å². The molecule has 3 heterocycles. The van der Waals surface area contributed by atoms with Crippen LogP contribution in [-0.4, -0.2) is 85.2 Å². The lowest BCUT2D eigenvalue weighted by Crippen LogP contribution is -2.42. The number of Topliss-reactive ketones (excluding diaryl/α,β-unsaturated/α-hetero) is 1. The van der Waals surface area contributed by atoms with Crippen LogP contribution < -0.4 is 9.47 Å². The van der Waals surface area contributed by atoms with Gasteiger partial charge in [-0.15, -0.1) is 0 Å². The van der Waals surface area contributed by atoms with Crippen molar-refractivity contribution in [2.45, 2.75) is 6.04 Å². The van der Waals surface area contributed by atoms with E-state index in [1.54, 1.807) is 42.6 Å². The molecule has 0 spiro atoms. The summed E-state index contributed by atoms with van der Waals surface area (Å²) in [5.41, 5.74) is 0.794. The van der Waals surface area contributed by atoms with Gasteiger partial charge < -0.3 is 24.2 Å². The van der Waals surface area contributed by atoms with Crippen molar-refractivity contribution in [1.82, 2.24) is 14.8 Å². The summed E-state index contributed by atoms with van der Waals surface area (Å²) in [6, 6.07) is 9.36. The second-order valence-corrected chi connectivity index (χ2v) is 7.77. The van der Waals surface area contributed by atoms with Gasteiger partial charge in [0, 0.05) is 38.4 Å². The molecule has 0 radical (unpaired) electrons. The minimum Gasteiger partial charge on any atom is -0.507 e. The quantitative estimate of drug-likeness (QED) is 0.385. The summed E-state index contributed by atoms with van der Waals surface area (Å²) >= 11 is 0. The standard InChI is InChI=1S/C24H27N3O6/c1-31-16-6-7-17(19(15-16)32-2)22(28)20-21(18-5-3-4-8-25-18)27(24(30)23(20)29)10-9-26-11-13-33-14-12-26/h3-8,15,21,28H,9-14H2,1-2H3/t21-/m1/s1. The van der Waals surface area contributed by atoms with Crippen molar-refractivity contribution in [3.63, 3.8) is 0 Å². The molecule has 2 fully saturated rings. The van der Waals surface area contributed by atoms with Crippen molar-refractivity contribution in [2.75, 3.05) is 53.6 Å². The summed E-state index contributed by atoms with van der Waals surface area (Å²) < 4.78 is 16.0. The largest absolute Gasteiger partial charge is 0.507 e. The average Bonchev–Trinajstić information content (AvgIpc) is 3.12. The monoisotopic (exact) mass is 453 g/mol. The Morgan fingerprint density at radius 2 is 1.91 bits per heavy atom. The van der Waals surface area contributed by atoms with Crippen LogP contribution in [-0.2, 0) is 14.3 Å². The Balaban J connectivity index is 1.75. The van der Waals surface area contributed by atoms with Crippen molar-refractivity contribution < 1.29 is 28.9 Å². The molecule has 1 atom stereocenters. The summed E-state index contributed by atoms with van der Waals surface area (Å²) in [4.78, 5) is 34.3. The minimum absolute atomic E-state index is 0.0101. The topological polar surface area (TPSA) is 101 Å². The number of methoxy groups -OCH3 is 2. The molecule has 2 aliphatic rings. The van der Waals surface area contributed by atoms with Crippen molar-refractivity contribution in [2.24, 2.45) is 0 Å². The fourth-order valence-corrected chi connectivity index (χ4v) is 4.17. The van der Waals surface area contributed by atoms with E-state index in [4.69, 9.17) is 14.2 Å². The number of amides is 1. The van der Waals surface area contributed by atoms with Gasteiger partial charge >= 0.3 is 0 Å². The molecule has 0 unspecified atom stereocenters. The first kappa shape index (κ1) is 22.8. The third-order valence-electron chi connectivity index (χ3n) is 5.93. The fraction of sp³-hybridized carbons (Fsp3) is 0.375. The molecule has 33 heavy (non-hydrogen) atoms. The first-order valence-corrected chi connectivity index (χ1v) is 10.8. The molecular formula is C24H27N3O6. The van der Waals surface area contributed by atoms with E-state index in [1.807, 2.05) is 0 Å². The first-order valence-electron chi connectivity index (χ1n) is 10.8. The van der Waals surface area contributed by atoms with Gasteiger partial charge in [0.1, 0.15) is 23.3 Å². The highest BCUT2D eigenvalue weighted by Crippen LogP contribution is 2.40. The Morgan fingerprint density at radius 3 is 2.58 bits per heavy atom. The second kappa shape index (κ2) is 10.0. The Labute approximate surface area is 192 Å². The van der Waals surface area contributed by atoms with Crippen molar-refractivity contribution in [3.8, 4) is 11.5 Å². The van der Waals surface area contributed by atoms with E-state index < -0.39 is 17.7 Å². The van der Waals surface area contributed by atoms with E-state index in [0.717, 1.165) is 13.1 Å². The summed E-state index contributed by atoms with van der Waals surface area (Å²) in [6.45, 7) is 3.72. The van der Waals surface area contributed by atoms with Crippen molar-refractivity contribution in [3.05, 3.63) is 59.4 Å². The number of aliphatic hydroxyl groups excluding tert-OH is 1. The van der Waals surface area contributed by atoms with E-state index >= 15 is 0 Å². The van der Waals surface area contributed by atoms with Crippen LogP contribution in [0.1, 0.15) is 17.3 Å². The number of likely N-dealkylation sites (tertiary alicyclic amines) is 1. The van der Waals surface area contributed by atoms with Crippen LogP contribution in [0.5, 0.6) is 11.5 Å². The lowest BCUT2D eigenvalue weighted by atomic mass is 9.97. The Hall–Kier alpha value is -3.43. The molecule has 0 bridgehead atoms. The zero-order valence-corrected chi connectivity index (χ0v) is 18.7. The molecule has 4 rings (SSSR count). The van der Waals surface area contributed by atoms with Crippen LogP contribution in [0.25, 0.3) is 5.76 Å². The number of carbonyl (C=O) groups excluding carboxylic acids is 2. The van der Waals surface area contributed by atoms with Gasteiger partial charge in [-0.2, -0.15) is 0 Å². The molecule has 0 aliphatic carbocycles. The molecule has 1 aromatic carbocycles. The number of ether oxygens (including phenoxy) is 3. The molecular weight excluding hydrogens is 426 g/mol. The molecule has 0 saturated carbocycles. The van der Waals surface area contributed by atoms with Gasteiger partial charge in [0.25, 0.3) is 11.7 Å². The molecule has 1 aromatic heterocycles. The number of aliphatic hydroxyl groups is 1. The van der Waals surface area contributed by atoms with E-state index in [0.29, 0.717) is 49.1 Å². The van der Waals surface area contributed by atoms with Gasteiger partial charge in [0.2, 0.25) is 0 Å². The molecule has 9 nitrogen and oxygen atoms in total. The molecule has 2 saturated heterocycles. The van der Waals surface area contributed by atoms with Crippen LogP contribution in [0.15, 0.2) is 48.2 Å². The molecule has 1 amide bonds. The summed E-state index contributed by atoms with van der Waals surface area (Å²) in [6.07, 6.45) is 1.60. The zero-order valence-electron chi connectivity index (χ0n) is 18.7. The number of benzene rings is 1. The molecule has 2 aliphatic heterocycles. The van der Waals surface area contributed by atoms with Gasteiger partial charge in [-0.1, -0.05) is 6.07 Å². The maximum atomic E-state index is 13.2. The number of rotatable bonds is 7. The highest BCUT2D eigenvalue weighted by atomic mass is 16.5. The number of hydrogen-bond acceptors (Lipinski definition) is 8. The van der Waals surface area contributed by atoms with Crippen LogP contribution in [0.3, 0.4) is 0 Å². The van der Waals surface area contributed by atoms with Gasteiger partial charge in [0.15, 0.2) is 0 Å². The third-order valence-corrected chi connectivity index (χ3v) is 5.93. The SMILES string of the molecule is COc1ccc(C(O)=C2C(=O)C(=O)N(CCN3CCOCC3)[C@@H]2c2ccccn2)c(OC)c1. The lowest BCUT2D eigenvalue weighted by Gasteiger charge is -2.30. The predicted molar refractivity (Wildman–Crippen MR) is 120 cm³/mol. The average molecular weight is 453 g/mol. The highest BCUT2D eigenvalue weighted by molar-refractivity contribution is 6.46. The number of aromatic nitrogens is 1. The highest BCUT2D eigenvalue weighted by Gasteiger charge is 2.47. The van der Waals surface area contributed by atoms with Crippen LogP contribution in [0.2, 0.25) is 0 Å². The zero-order chi connectivity index (χ0) is 23.4.